The number of ether oxygens (including phenoxy) is 1. The van der Waals surface area contributed by atoms with Gasteiger partial charge in [0.15, 0.2) is 0 Å². The molecule has 2 rings (SSSR count). The van der Waals surface area contributed by atoms with E-state index in [1.807, 2.05) is 0 Å². The minimum Gasteiger partial charge on any atom is -0.388 e. The molecule has 4 nitrogen and oxygen atoms in total. The van der Waals surface area contributed by atoms with Gasteiger partial charge in [-0.3, -0.25) is 0 Å². The molecular weight excluding hydrogens is 264 g/mol. The largest absolute Gasteiger partial charge is 0.388 e. The molecular formula is C17H28N2O2. The molecule has 0 aliphatic carbocycles. The highest BCUT2D eigenvalue weighted by Gasteiger charge is 2.31. The molecule has 1 aromatic carbocycles. The third-order valence-electron chi connectivity index (χ3n) is 4.21. The van der Waals surface area contributed by atoms with E-state index in [2.05, 4.69) is 49.3 Å². The van der Waals surface area contributed by atoms with Gasteiger partial charge in [0.05, 0.1) is 5.60 Å². The number of aryl methyl sites for hydroxylation is 1. The van der Waals surface area contributed by atoms with Gasteiger partial charge < -0.3 is 20.1 Å². The Balaban J connectivity index is 2.03. The minimum atomic E-state index is -0.623. The van der Waals surface area contributed by atoms with Crippen LogP contribution in [0.15, 0.2) is 18.2 Å². The van der Waals surface area contributed by atoms with Gasteiger partial charge in [0.25, 0.3) is 0 Å². The summed E-state index contributed by atoms with van der Waals surface area (Å²) in [5.41, 5.74) is 3.12. The lowest BCUT2D eigenvalue weighted by atomic mass is 9.93. The van der Waals surface area contributed by atoms with Crippen molar-refractivity contribution in [3.8, 4) is 0 Å². The van der Waals surface area contributed by atoms with E-state index >= 15 is 0 Å². The van der Waals surface area contributed by atoms with Crippen molar-refractivity contribution in [1.29, 1.82) is 0 Å². The standard InChI is InChI=1S/C17H28N2O2/c1-4-18-12-15-5-6-16(14(2)11-15)19(3)13-17(20)7-9-21-10-8-17/h5-6,11,18,20H,4,7-10,12-13H2,1-3H3. The monoisotopic (exact) mass is 292 g/mol. The fraction of sp³-hybridized carbons (Fsp3) is 0.647. The van der Waals surface area contributed by atoms with Crippen LogP contribution in [0.2, 0.25) is 0 Å². The Morgan fingerprint density at radius 1 is 1.33 bits per heavy atom. The number of nitrogens with one attached hydrogen (secondary N) is 1. The summed E-state index contributed by atoms with van der Waals surface area (Å²) in [6.07, 6.45) is 1.43. The Bertz CT molecular complexity index is 456. The first-order valence-corrected chi connectivity index (χ1v) is 7.85. The smallest absolute Gasteiger partial charge is 0.0865 e. The van der Waals surface area contributed by atoms with Gasteiger partial charge in [-0.25, -0.2) is 0 Å². The predicted octanol–water partition coefficient (Wildman–Crippen LogP) is 2.08. The molecule has 118 valence electrons. The highest BCUT2D eigenvalue weighted by Crippen LogP contribution is 2.26. The van der Waals surface area contributed by atoms with Gasteiger partial charge in [-0.15, -0.1) is 0 Å². The maximum atomic E-state index is 10.6. The quantitative estimate of drug-likeness (QED) is 0.842. The molecule has 1 aromatic rings. The van der Waals surface area contributed by atoms with Crippen molar-refractivity contribution >= 4 is 5.69 Å². The second-order valence-corrected chi connectivity index (χ2v) is 6.09. The molecule has 1 saturated heterocycles. The number of benzene rings is 1. The van der Waals surface area contributed by atoms with Crippen molar-refractivity contribution in [2.24, 2.45) is 0 Å². The fourth-order valence-electron chi connectivity index (χ4n) is 2.96. The maximum Gasteiger partial charge on any atom is 0.0865 e. The van der Waals surface area contributed by atoms with Gasteiger partial charge >= 0.3 is 0 Å². The first-order valence-electron chi connectivity index (χ1n) is 7.85. The van der Waals surface area contributed by atoms with Gasteiger partial charge in [0.1, 0.15) is 0 Å². The summed E-state index contributed by atoms with van der Waals surface area (Å²) in [4.78, 5) is 2.16. The molecule has 1 aliphatic rings. The van der Waals surface area contributed by atoms with Crippen LogP contribution in [0.5, 0.6) is 0 Å². The summed E-state index contributed by atoms with van der Waals surface area (Å²) < 4.78 is 5.34. The van der Waals surface area contributed by atoms with Gasteiger partial charge in [-0.1, -0.05) is 19.1 Å². The molecule has 0 atom stereocenters. The molecule has 0 bridgehead atoms. The maximum absolute atomic E-state index is 10.6. The summed E-state index contributed by atoms with van der Waals surface area (Å²) in [5.74, 6) is 0. The van der Waals surface area contributed by atoms with E-state index in [1.54, 1.807) is 0 Å². The second-order valence-electron chi connectivity index (χ2n) is 6.09. The molecule has 1 aliphatic heterocycles. The fourth-order valence-corrected chi connectivity index (χ4v) is 2.96. The van der Waals surface area contributed by atoms with E-state index < -0.39 is 5.60 Å². The SMILES string of the molecule is CCNCc1ccc(N(C)CC2(O)CCOCC2)c(C)c1. The normalized spacial score (nSPS) is 17.7. The van der Waals surface area contributed by atoms with E-state index in [1.165, 1.54) is 16.8 Å². The van der Waals surface area contributed by atoms with Crippen LogP contribution >= 0.6 is 0 Å². The van der Waals surface area contributed by atoms with Crippen LogP contribution in [0.25, 0.3) is 0 Å². The molecule has 1 heterocycles. The topological polar surface area (TPSA) is 44.7 Å². The first-order chi connectivity index (χ1) is 10.0. The lowest BCUT2D eigenvalue weighted by molar-refractivity contribution is -0.0572. The number of aliphatic hydroxyl groups is 1. The van der Waals surface area contributed by atoms with E-state index in [4.69, 9.17) is 4.74 Å². The summed E-state index contributed by atoms with van der Waals surface area (Å²) >= 11 is 0. The number of hydrogen-bond acceptors (Lipinski definition) is 4. The predicted molar refractivity (Wildman–Crippen MR) is 86.8 cm³/mol. The average molecular weight is 292 g/mol. The molecule has 2 N–H and O–H groups in total. The van der Waals surface area contributed by atoms with Crippen molar-refractivity contribution in [3.05, 3.63) is 29.3 Å². The van der Waals surface area contributed by atoms with Gasteiger partial charge in [-0.2, -0.15) is 0 Å². The van der Waals surface area contributed by atoms with Crippen molar-refractivity contribution in [1.82, 2.24) is 5.32 Å². The number of likely N-dealkylation sites (N-methyl/N-ethyl adjacent to an activating group) is 1. The van der Waals surface area contributed by atoms with Gasteiger partial charge in [0, 0.05) is 51.9 Å². The molecule has 0 spiro atoms. The molecule has 0 aromatic heterocycles. The van der Waals surface area contributed by atoms with E-state index in [0.29, 0.717) is 19.8 Å². The van der Waals surface area contributed by atoms with E-state index in [0.717, 1.165) is 25.9 Å². The van der Waals surface area contributed by atoms with Crippen LogP contribution < -0.4 is 10.2 Å². The lowest BCUT2D eigenvalue weighted by Gasteiger charge is -2.36. The zero-order valence-corrected chi connectivity index (χ0v) is 13.5. The van der Waals surface area contributed by atoms with Crippen LogP contribution in [0.4, 0.5) is 5.69 Å². The average Bonchev–Trinajstić information content (AvgIpc) is 2.45. The second kappa shape index (κ2) is 7.25. The van der Waals surface area contributed by atoms with Crippen LogP contribution in [0.3, 0.4) is 0 Å². The van der Waals surface area contributed by atoms with E-state index in [-0.39, 0.29) is 0 Å². The van der Waals surface area contributed by atoms with Crippen molar-refractivity contribution in [3.63, 3.8) is 0 Å². The van der Waals surface area contributed by atoms with Crippen LogP contribution in [0.1, 0.15) is 30.9 Å². The molecule has 0 amide bonds. The van der Waals surface area contributed by atoms with Crippen molar-refractivity contribution < 1.29 is 9.84 Å². The molecule has 0 saturated carbocycles. The summed E-state index contributed by atoms with van der Waals surface area (Å²) in [5, 5.41) is 14.0. The number of rotatable bonds is 6. The Morgan fingerprint density at radius 2 is 2.05 bits per heavy atom. The zero-order valence-electron chi connectivity index (χ0n) is 13.5. The Morgan fingerprint density at radius 3 is 2.67 bits per heavy atom. The minimum absolute atomic E-state index is 0.623. The third-order valence-corrected chi connectivity index (χ3v) is 4.21. The third kappa shape index (κ3) is 4.43. The number of anilines is 1. The van der Waals surface area contributed by atoms with Gasteiger partial charge in [-0.05, 0) is 30.7 Å². The summed E-state index contributed by atoms with van der Waals surface area (Å²) in [6.45, 7) is 8.11. The van der Waals surface area contributed by atoms with Gasteiger partial charge in [0.2, 0.25) is 0 Å². The molecule has 0 unspecified atom stereocenters. The Hall–Kier alpha value is -1.10. The molecule has 0 radical (unpaired) electrons. The first kappa shape index (κ1) is 16.3. The molecule has 21 heavy (non-hydrogen) atoms. The highest BCUT2D eigenvalue weighted by molar-refractivity contribution is 5.54. The van der Waals surface area contributed by atoms with Crippen molar-refractivity contribution in [2.75, 3.05) is 38.3 Å². The molecule has 4 heteroatoms. The van der Waals surface area contributed by atoms with Crippen LogP contribution in [-0.2, 0) is 11.3 Å². The molecule has 1 fully saturated rings. The lowest BCUT2D eigenvalue weighted by Crippen LogP contribution is -2.45. The Labute approximate surface area is 128 Å². The summed E-state index contributed by atoms with van der Waals surface area (Å²) in [7, 11) is 2.06. The Kier molecular flexibility index (Phi) is 5.62. The highest BCUT2D eigenvalue weighted by atomic mass is 16.5. The number of nitrogens with zero attached hydrogens (tertiary/aromatic N) is 1. The van der Waals surface area contributed by atoms with Crippen LogP contribution in [0, 0.1) is 6.92 Å². The van der Waals surface area contributed by atoms with E-state index in [9.17, 15) is 5.11 Å². The number of hydrogen-bond donors (Lipinski definition) is 2. The summed E-state index contributed by atoms with van der Waals surface area (Å²) in [6, 6.07) is 6.54. The zero-order chi connectivity index (χ0) is 15.3. The van der Waals surface area contributed by atoms with Crippen LogP contribution in [-0.4, -0.2) is 44.1 Å². The van der Waals surface area contributed by atoms with Crippen molar-refractivity contribution in [2.45, 2.75) is 38.8 Å².